The van der Waals surface area contributed by atoms with Gasteiger partial charge in [0, 0.05) is 28.0 Å². The third-order valence-electron chi connectivity index (χ3n) is 2.56. The molecule has 0 saturated carbocycles. The molecule has 0 bridgehead atoms. The van der Waals surface area contributed by atoms with Crippen molar-refractivity contribution in [2.45, 2.75) is 13.8 Å². The minimum Gasteiger partial charge on any atom is -0.317 e. The predicted octanol–water partition coefficient (Wildman–Crippen LogP) is 3.87. The second-order valence-corrected chi connectivity index (χ2v) is 5.23. The van der Waals surface area contributed by atoms with Gasteiger partial charge < -0.3 is 4.57 Å². The van der Waals surface area contributed by atoms with Crippen LogP contribution in [0.25, 0.3) is 5.69 Å². The van der Waals surface area contributed by atoms with Gasteiger partial charge in [-0.2, -0.15) is 0 Å². The molecule has 0 radical (unpaired) electrons. The SMILES string of the molecule is Cc1cc(=O)cc(C)n1-c1cc(Br)ccc1Cl. The van der Waals surface area contributed by atoms with Gasteiger partial charge in [0.15, 0.2) is 5.43 Å². The average molecular weight is 313 g/mol. The van der Waals surface area contributed by atoms with Gasteiger partial charge in [-0.1, -0.05) is 27.5 Å². The van der Waals surface area contributed by atoms with Crippen LogP contribution < -0.4 is 5.43 Å². The quantitative estimate of drug-likeness (QED) is 0.783. The topological polar surface area (TPSA) is 22.0 Å². The number of pyridine rings is 1. The van der Waals surface area contributed by atoms with E-state index < -0.39 is 0 Å². The van der Waals surface area contributed by atoms with E-state index in [1.807, 2.05) is 36.6 Å². The molecule has 1 heterocycles. The molecule has 0 spiro atoms. The number of nitrogens with zero attached hydrogens (tertiary/aromatic N) is 1. The minimum absolute atomic E-state index is 0.0161. The van der Waals surface area contributed by atoms with Crippen LogP contribution in [-0.4, -0.2) is 4.57 Å². The first kappa shape index (κ1) is 12.4. The summed E-state index contributed by atoms with van der Waals surface area (Å²) in [6, 6.07) is 8.86. The molecule has 1 aromatic heterocycles. The Morgan fingerprint density at radius 2 is 1.71 bits per heavy atom. The van der Waals surface area contributed by atoms with Crippen molar-refractivity contribution in [3.05, 3.63) is 61.4 Å². The molecule has 0 aliphatic heterocycles. The molecular weight excluding hydrogens is 302 g/mol. The number of aromatic nitrogens is 1. The number of benzene rings is 1. The lowest BCUT2D eigenvalue weighted by molar-refractivity contribution is 0.921. The maximum Gasteiger partial charge on any atom is 0.182 e. The molecule has 0 aliphatic rings. The highest BCUT2D eigenvalue weighted by Gasteiger charge is 2.08. The van der Waals surface area contributed by atoms with Gasteiger partial charge in [-0.25, -0.2) is 0 Å². The van der Waals surface area contributed by atoms with Gasteiger partial charge in [0.05, 0.1) is 10.7 Å². The molecule has 2 rings (SSSR count). The maximum atomic E-state index is 11.4. The van der Waals surface area contributed by atoms with E-state index in [4.69, 9.17) is 11.6 Å². The normalized spacial score (nSPS) is 10.6. The van der Waals surface area contributed by atoms with Gasteiger partial charge >= 0.3 is 0 Å². The van der Waals surface area contributed by atoms with Crippen LogP contribution in [0.5, 0.6) is 0 Å². The van der Waals surface area contributed by atoms with Gasteiger partial charge in [-0.05, 0) is 32.0 Å². The number of hydrogen-bond donors (Lipinski definition) is 0. The van der Waals surface area contributed by atoms with E-state index in [9.17, 15) is 4.79 Å². The van der Waals surface area contributed by atoms with Crippen LogP contribution in [0.4, 0.5) is 0 Å². The number of halogens is 2. The molecule has 0 N–H and O–H groups in total. The zero-order chi connectivity index (χ0) is 12.6. The summed E-state index contributed by atoms with van der Waals surface area (Å²) in [5, 5.41) is 0.656. The number of rotatable bonds is 1. The monoisotopic (exact) mass is 311 g/mol. The third-order valence-corrected chi connectivity index (χ3v) is 3.37. The largest absolute Gasteiger partial charge is 0.317 e. The molecule has 0 aliphatic carbocycles. The van der Waals surface area contributed by atoms with Crippen LogP contribution in [0.2, 0.25) is 5.02 Å². The fraction of sp³-hybridized carbons (Fsp3) is 0.154. The summed E-state index contributed by atoms with van der Waals surface area (Å²) in [5.74, 6) is 0. The van der Waals surface area contributed by atoms with E-state index in [1.54, 1.807) is 12.1 Å². The smallest absolute Gasteiger partial charge is 0.182 e. The standard InChI is InChI=1S/C13H11BrClNO/c1-8-5-11(17)6-9(2)16(8)13-7-10(14)3-4-12(13)15/h3-7H,1-2H3. The molecule has 2 aromatic rings. The molecular formula is C13H11BrClNO. The molecule has 0 atom stereocenters. The van der Waals surface area contributed by atoms with Crippen molar-refractivity contribution in [1.29, 1.82) is 0 Å². The lowest BCUT2D eigenvalue weighted by atomic mass is 10.2. The molecule has 4 heteroatoms. The second-order valence-electron chi connectivity index (χ2n) is 3.90. The van der Waals surface area contributed by atoms with Crippen LogP contribution in [0, 0.1) is 13.8 Å². The highest BCUT2D eigenvalue weighted by molar-refractivity contribution is 9.10. The third kappa shape index (κ3) is 2.45. The van der Waals surface area contributed by atoms with Crippen molar-refractivity contribution in [3.63, 3.8) is 0 Å². The molecule has 0 unspecified atom stereocenters. The van der Waals surface area contributed by atoms with Crippen LogP contribution in [0.3, 0.4) is 0 Å². The first-order valence-corrected chi connectivity index (χ1v) is 6.32. The highest BCUT2D eigenvalue weighted by atomic mass is 79.9. The maximum absolute atomic E-state index is 11.4. The summed E-state index contributed by atoms with van der Waals surface area (Å²) < 4.78 is 2.92. The fourth-order valence-corrected chi connectivity index (χ4v) is 2.45. The molecule has 88 valence electrons. The molecule has 0 amide bonds. The number of aryl methyl sites for hydroxylation is 2. The van der Waals surface area contributed by atoms with E-state index >= 15 is 0 Å². The Balaban J connectivity index is 2.77. The lowest BCUT2D eigenvalue weighted by Gasteiger charge is -2.15. The lowest BCUT2D eigenvalue weighted by Crippen LogP contribution is -2.11. The van der Waals surface area contributed by atoms with Crippen LogP contribution >= 0.6 is 27.5 Å². The van der Waals surface area contributed by atoms with E-state index in [0.717, 1.165) is 21.5 Å². The zero-order valence-corrected chi connectivity index (χ0v) is 11.8. The molecule has 0 fully saturated rings. The summed E-state index contributed by atoms with van der Waals surface area (Å²) >= 11 is 9.62. The Hall–Kier alpha value is -1.06. The van der Waals surface area contributed by atoms with Crippen molar-refractivity contribution in [2.75, 3.05) is 0 Å². The first-order valence-electron chi connectivity index (χ1n) is 5.15. The summed E-state index contributed by atoms with van der Waals surface area (Å²) in [7, 11) is 0. The number of hydrogen-bond acceptors (Lipinski definition) is 1. The molecule has 0 saturated heterocycles. The molecule has 17 heavy (non-hydrogen) atoms. The molecule has 2 nitrogen and oxygen atoms in total. The van der Waals surface area contributed by atoms with Crippen molar-refractivity contribution in [2.24, 2.45) is 0 Å². The van der Waals surface area contributed by atoms with Crippen LogP contribution in [0.15, 0.2) is 39.6 Å². The zero-order valence-electron chi connectivity index (χ0n) is 9.50. The fourth-order valence-electron chi connectivity index (χ4n) is 1.90. The Morgan fingerprint density at radius 3 is 2.29 bits per heavy atom. The van der Waals surface area contributed by atoms with Gasteiger partial charge in [0.2, 0.25) is 0 Å². The van der Waals surface area contributed by atoms with Crippen molar-refractivity contribution < 1.29 is 0 Å². The van der Waals surface area contributed by atoms with Crippen LogP contribution in [0.1, 0.15) is 11.4 Å². The Kier molecular flexibility index (Phi) is 3.40. The van der Waals surface area contributed by atoms with Gasteiger partial charge in [-0.15, -0.1) is 0 Å². The van der Waals surface area contributed by atoms with Crippen molar-refractivity contribution in [3.8, 4) is 5.69 Å². The second kappa shape index (κ2) is 4.67. The Labute approximate surface area is 113 Å². The van der Waals surface area contributed by atoms with Crippen molar-refractivity contribution >= 4 is 27.5 Å². The van der Waals surface area contributed by atoms with E-state index in [-0.39, 0.29) is 5.43 Å². The first-order chi connectivity index (χ1) is 7.99. The van der Waals surface area contributed by atoms with E-state index in [0.29, 0.717) is 5.02 Å². The Bertz CT molecular complexity index is 608. The summed E-state index contributed by atoms with van der Waals surface area (Å²) in [5.41, 5.74) is 2.63. The van der Waals surface area contributed by atoms with Gasteiger partial charge in [0.1, 0.15) is 0 Å². The average Bonchev–Trinajstić information content (AvgIpc) is 2.21. The van der Waals surface area contributed by atoms with Crippen molar-refractivity contribution in [1.82, 2.24) is 4.57 Å². The van der Waals surface area contributed by atoms with Gasteiger partial charge in [-0.3, -0.25) is 4.79 Å². The van der Waals surface area contributed by atoms with Gasteiger partial charge in [0.25, 0.3) is 0 Å². The highest BCUT2D eigenvalue weighted by Crippen LogP contribution is 2.26. The summed E-state index contributed by atoms with van der Waals surface area (Å²) in [6.45, 7) is 3.79. The van der Waals surface area contributed by atoms with E-state index in [1.165, 1.54) is 0 Å². The summed E-state index contributed by atoms with van der Waals surface area (Å²) in [6.07, 6.45) is 0. The Morgan fingerprint density at radius 1 is 1.12 bits per heavy atom. The minimum atomic E-state index is 0.0161. The molecule has 1 aromatic carbocycles. The van der Waals surface area contributed by atoms with E-state index in [2.05, 4.69) is 15.9 Å². The summed E-state index contributed by atoms with van der Waals surface area (Å²) in [4.78, 5) is 11.4. The predicted molar refractivity (Wildman–Crippen MR) is 74.2 cm³/mol. The van der Waals surface area contributed by atoms with Crippen LogP contribution in [-0.2, 0) is 0 Å².